The highest BCUT2D eigenvalue weighted by atomic mass is 32.1. The molecule has 2 bridgehead atoms. The number of hydrogen-bond acceptors (Lipinski definition) is 6. The maximum absolute atomic E-state index is 11.4. The number of carbonyl (C=O) groups excluding carboxylic acids is 1. The van der Waals surface area contributed by atoms with Crippen LogP contribution in [0.4, 0.5) is 0 Å². The zero-order valence-corrected chi connectivity index (χ0v) is 17.9. The lowest BCUT2D eigenvalue weighted by atomic mass is 9.96. The molecule has 2 aliphatic rings. The Morgan fingerprint density at radius 2 is 1.97 bits per heavy atom. The minimum atomic E-state index is 0.0947. The molecule has 7 heteroatoms. The summed E-state index contributed by atoms with van der Waals surface area (Å²) in [6.07, 6.45) is 7.45. The lowest BCUT2D eigenvalue weighted by Crippen LogP contribution is -2.50. The van der Waals surface area contributed by atoms with E-state index in [2.05, 4.69) is 32.3 Å². The normalized spacial score (nSPS) is 23.6. The van der Waals surface area contributed by atoms with Gasteiger partial charge in [-0.25, -0.2) is 4.98 Å². The van der Waals surface area contributed by atoms with Gasteiger partial charge >= 0.3 is 0 Å². The Hall–Kier alpha value is -2.51. The Bertz CT molecular complexity index is 988. The van der Waals surface area contributed by atoms with Gasteiger partial charge in [-0.3, -0.25) is 9.69 Å². The summed E-state index contributed by atoms with van der Waals surface area (Å²) in [5.41, 5.74) is 2.04. The molecule has 2 fully saturated rings. The molecule has 1 N–H and O–H groups in total. The van der Waals surface area contributed by atoms with Gasteiger partial charge in [0.1, 0.15) is 5.75 Å². The number of aromatic nitrogens is 2. The van der Waals surface area contributed by atoms with E-state index >= 15 is 0 Å². The summed E-state index contributed by atoms with van der Waals surface area (Å²) in [5, 5.41) is 3.74. The van der Waals surface area contributed by atoms with Crippen molar-refractivity contribution in [1.82, 2.24) is 20.2 Å². The smallest absolute Gasteiger partial charge is 0.281 e. The van der Waals surface area contributed by atoms with Crippen LogP contribution in [0.2, 0.25) is 0 Å². The molecule has 4 heterocycles. The van der Waals surface area contributed by atoms with Crippen molar-refractivity contribution in [1.29, 1.82) is 0 Å². The van der Waals surface area contributed by atoms with E-state index in [-0.39, 0.29) is 5.91 Å². The summed E-state index contributed by atoms with van der Waals surface area (Å²) in [5.74, 6) is 0.895. The van der Waals surface area contributed by atoms with Crippen LogP contribution < -0.4 is 10.1 Å². The van der Waals surface area contributed by atoms with E-state index in [1.165, 1.54) is 29.7 Å². The predicted octanol–water partition coefficient (Wildman–Crippen LogP) is 4.16. The summed E-state index contributed by atoms with van der Waals surface area (Å²) >= 11 is 1.51. The van der Waals surface area contributed by atoms with Crippen molar-refractivity contribution in [3.05, 3.63) is 48.2 Å². The van der Waals surface area contributed by atoms with Gasteiger partial charge in [-0.05, 0) is 61.9 Å². The average molecular weight is 423 g/mol. The quantitative estimate of drug-likeness (QED) is 0.646. The topological polar surface area (TPSA) is 67.4 Å². The second-order valence-corrected chi connectivity index (χ2v) is 9.29. The Kier molecular flexibility index (Phi) is 5.39. The Balaban J connectivity index is 1.16. The van der Waals surface area contributed by atoms with Crippen molar-refractivity contribution >= 4 is 27.6 Å². The highest BCUT2D eigenvalue weighted by molar-refractivity contribution is 7.20. The van der Waals surface area contributed by atoms with Crippen molar-refractivity contribution in [3.8, 4) is 10.9 Å². The minimum Gasteiger partial charge on any atom is -0.431 e. The number of nitrogens with one attached hydrogen (secondary N) is 1. The molecule has 3 atom stereocenters. The lowest BCUT2D eigenvalue weighted by Gasteiger charge is -2.39. The first-order chi connectivity index (χ1) is 14.6. The van der Waals surface area contributed by atoms with E-state index < -0.39 is 0 Å². The van der Waals surface area contributed by atoms with Crippen LogP contribution >= 0.6 is 11.3 Å². The van der Waals surface area contributed by atoms with Crippen molar-refractivity contribution in [3.63, 3.8) is 0 Å². The maximum atomic E-state index is 11.4. The summed E-state index contributed by atoms with van der Waals surface area (Å²) in [4.78, 5) is 22.7. The van der Waals surface area contributed by atoms with Crippen molar-refractivity contribution in [2.75, 3.05) is 6.54 Å². The second kappa shape index (κ2) is 8.32. The summed E-state index contributed by atoms with van der Waals surface area (Å²) in [6, 6.07) is 13.8. The highest BCUT2D eigenvalue weighted by Gasteiger charge is 2.40. The van der Waals surface area contributed by atoms with E-state index in [1.807, 2.05) is 24.3 Å². The molecular weight excluding hydrogens is 396 g/mol. The van der Waals surface area contributed by atoms with Gasteiger partial charge in [-0.2, -0.15) is 4.98 Å². The second-order valence-electron chi connectivity index (χ2n) is 8.29. The number of fused-ring (bicyclic) bond motifs is 3. The van der Waals surface area contributed by atoms with Gasteiger partial charge in [-0.1, -0.05) is 23.5 Å². The van der Waals surface area contributed by atoms with E-state index in [4.69, 9.17) is 4.74 Å². The number of thiazole rings is 1. The number of carbonyl (C=O) groups is 1. The van der Waals surface area contributed by atoms with Crippen molar-refractivity contribution < 1.29 is 9.53 Å². The minimum absolute atomic E-state index is 0.0947. The molecule has 0 radical (unpaired) electrons. The van der Waals surface area contributed by atoms with Gasteiger partial charge in [0.15, 0.2) is 5.65 Å². The molecule has 2 saturated heterocycles. The number of pyridine rings is 1. The number of benzene rings is 1. The molecule has 6 nitrogen and oxygen atoms in total. The number of hydrogen-bond donors (Lipinski definition) is 1. The van der Waals surface area contributed by atoms with Gasteiger partial charge in [-0.15, -0.1) is 0 Å². The lowest BCUT2D eigenvalue weighted by molar-refractivity contribution is -0.120. The van der Waals surface area contributed by atoms with Crippen molar-refractivity contribution in [2.45, 2.75) is 57.2 Å². The van der Waals surface area contributed by atoms with E-state index in [0.717, 1.165) is 41.9 Å². The van der Waals surface area contributed by atoms with Crippen LogP contribution in [-0.4, -0.2) is 45.4 Å². The molecule has 0 saturated carbocycles. The number of amides is 1. The van der Waals surface area contributed by atoms with Gasteiger partial charge in [0.2, 0.25) is 5.91 Å². The van der Waals surface area contributed by atoms with E-state index in [0.29, 0.717) is 23.3 Å². The van der Waals surface area contributed by atoms with Gasteiger partial charge in [0, 0.05) is 37.8 Å². The number of nitrogens with zero attached hydrogens (tertiary/aromatic N) is 3. The predicted molar refractivity (Wildman–Crippen MR) is 118 cm³/mol. The van der Waals surface area contributed by atoms with Gasteiger partial charge in [0.25, 0.3) is 5.19 Å². The number of ether oxygens (including phenoxy) is 1. The molecule has 30 heavy (non-hydrogen) atoms. The third kappa shape index (κ3) is 4.18. The Morgan fingerprint density at radius 3 is 2.67 bits per heavy atom. The number of piperidine rings is 1. The van der Waals surface area contributed by atoms with Crippen LogP contribution in [0.15, 0.2) is 42.6 Å². The largest absolute Gasteiger partial charge is 0.431 e. The first-order valence-corrected chi connectivity index (χ1v) is 11.5. The van der Waals surface area contributed by atoms with E-state index in [1.54, 1.807) is 13.1 Å². The molecule has 0 spiro atoms. The fourth-order valence-corrected chi connectivity index (χ4v) is 5.71. The molecule has 0 unspecified atom stereocenters. The van der Waals surface area contributed by atoms with Crippen LogP contribution in [0.3, 0.4) is 0 Å². The molecule has 3 aromatic rings. The zero-order valence-electron chi connectivity index (χ0n) is 17.1. The van der Waals surface area contributed by atoms with Gasteiger partial charge < -0.3 is 10.1 Å². The van der Waals surface area contributed by atoms with Crippen LogP contribution in [0.1, 0.15) is 38.2 Å². The summed E-state index contributed by atoms with van der Waals surface area (Å²) < 4.78 is 6.95. The zero-order chi connectivity index (χ0) is 20.5. The molecule has 5 rings (SSSR count). The van der Waals surface area contributed by atoms with Crippen LogP contribution in [0.5, 0.6) is 10.9 Å². The van der Waals surface area contributed by atoms with E-state index in [9.17, 15) is 4.79 Å². The molecule has 1 aromatic carbocycles. The molecule has 1 amide bonds. The fourth-order valence-electron chi connectivity index (χ4n) is 4.92. The summed E-state index contributed by atoms with van der Waals surface area (Å²) in [7, 11) is 0. The molecule has 156 valence electrons. The third-order valence-electron chi connectivity index (χ3n) is 6.22. The van der Waals surface area contributed by atoms with Crippen LogP contribution in [0, 0.1) is 0 Å². The Morgan fingerprint density at radius 1 is 1.20 bits per heavy atom. The number of rotatable bonds is 6. The molecular formula is C23H26N4O2S. The van der Waals surface area contributed by atoms with Crippen LogP contribution in [-0.2, 0) is 11.2 Å². The third-order valence-corrected chi connectivity index (χ3v) is 7.11. The monoisotopic (exact) mass is 422 g/mol. The van der Waals surface area contributed by atoms with Crippen LogP contribution in [0.25, 0.3) is 10.3 Å². The molecule has 0 aliphatic carbocycles. The summed E-state index contributed by atoms with van der Waals surface area (Å²) in [6.45, 7) is 2.70. The first kappa shape index (κ1) is 19.5. The maximum Gasteiger partial charge on any atom is 0.281 e. The SMILES string of the molecule is CC(=O)N[C@H]1C[C@H]2CC[C@@H](C1)N2CCc1ccc(Oc2nc3ncccc3s2)cc1. The molecule has 2 aliphatic heterocycles. The fraction of sp³-hybridized carbons (Fsp3) is 0.435. The average Bonchev–Trinajstić information content (AvgIpc) is 3.24. The standard InChI is InChI=1S/C23H26N4O2S/c1-15(28)25-17-13-18-6-7-19(14-17)27(18)12-10-16-4-8-20(9-5-16)29-23-26-22-21(30-23)3-2-11-24-22/h2-5,8-9,11,17-19H,6-7,10,12-14H2,1H3,(H,25,28)/t17-,18+,19-. The van der Waals surface area contributed by atoms with Gasteiger partial charge in [0.05, 0.1) is 4.70 Å². The van der Waals surface area contributed by atoms with Crippen molar-refractivity contribution in [2.24, 2.45) is 0 Å². The molecule has 2 aromatic heterocycles. The highest BCUT2D eigenvalue weighted by Crippen LogP contribution is 2.36. The first-order valence-electron chi connectivity index (χ1n) is 10.7. The Labute approximate surface area is 180 Å².